The SMILES string of the molecule is CO.NC(=O)c1cc([NH+]=O)c(F)cc1Cl. The van der Waals surface area contributed by atoms with Gasteiger partial charge in [0.15, 0.2) is 5.82 Å². The van der Waals surface area contributed by atoms with E-state index in [1.807, 2.05) is 0 Å². The first-order valence-electron chi connectivity index (χ1n) is 3.68. The van der Waals surface area contributed by atoms with Gasteiger partial charge in [-0.05, 0) is 0 Å². The quantitative estimate of drug-likeness (QED) is 0.655. The lowest BCUT2D eigenvalue weighted by atomic mass is 10.2. The molecule has 0 saturated carbocycles. The Bertz CT molecular complexity index is 384. The number of nitrogens with one attached hydrogen (secondary N) is 1. The lowest BCUT2D eigenvalue weighted by Gasteiger charge is -1.97. The van der Waals surface area contributed by atoms with Gasteiger partial charge in [0.2, 0.25) is 5.91 Å². The van der Waals surface area contributed by atoms with Gasteiger partial charge >= 0.3 is 0 Å². The molecule has 1 rings (SSSR count). The summed E-state index contributed by atoms with van der Waals surface area (Å²) >= 11 is 5.48. The summed E-state index contributed by atoms with van der Waals surface area (Å²) in [6.07, 6.45) is 0. The largest absolute Gasteiger partial charge is 0.400 e. The summed E-state index contributed by atoms with van der Waals surface area (Å²) in [4.78, 5) is 20.8. The van der Waals surface area contributed by atoms with Gasteiger partial charge in [0, 0.05) is 29.3 Å². The molecule has 0 atom stereocenters. The third-order valence-corrected chi connectivity index (χ3v) is 1.74. The molecular weight excluding hydrogens is 227 g/mol. The number of rotatable bonds is 2. The average molecular weight is 236 g/mol. The van der Waals surface area contributed by atoms with Crippen LogP contribution in [0.3, 0.4) is 0 Å². The van der Waals surface area contributed by atoms with E-state index >= 15 is 0 Å². The molecule has 0 unspecified atom stereocenters. The van der Waals surface area contributed by atoms with Crippen molar-refractivity contribution in [1.29, 1.82) is 0 Å². The zero-order chi connectivity index (χ0) is 12.0. The lowest BCUT2D eigenvalue weighted by Crippen LogP contribution is -2.56. The minimum atomic E-state index is -0.829. The zero-order valence-electron chi connectivity index (χ0n) is 7.75. The number of aliphatic hydroxyl groups excluding tert-OH is 1. The second-order valence-corrected chi connectivity index (χ2v) is 2.69. The molecule has 0 radical (unpaired) electrons. The van der Waals surface area contributed by atoms with Gasteiger partial charge in [0.1, 0.15) is 0 Å². The van der Waals surface area contributed by atoms with Gasteiger partial charge in [-0.1, -0.05) is 11.6 Å². The molecule has 82 valence electrons. The molecule has 0 aliphatic heterocycles. The van der Waals surface area contributed by atoms with Crippen LogP contribution in [-0.4, -0.2) is 18.1 Å². The van der Waals surface area contributed by atoms with Crippen LogP contribution in [0, 0.1) is 10.7 Å². The van der Waals surface area contributed by atoms with Gasteiger partial charge in [-0.25, -0.2) is 0 Å². The fourth-order valence-corrected chi connectivity index (χ4v) is 1.06. The standard InChI is InChI=1S/C7H4ClFN2O2.CH4O/c8-4-2-5(9)6(11-13)1-3(4)7(10)12;1-2/h1-2H,(H2,10,12);2H,1H3/p+1. The van der Waals surface area contributed by atoms with Crippen LogP contribution in [0.1, 0.15) is 10.4 Å². The third-order valence-electron chi connectivity index (χ3n) is 1.43. The molecule has 0 heterocycles. The number of amides is 1. The number of benzene rings is 1. The lowest BCUT2D eigenvalue weighted by molar-refractivity contribution is -0.382. The Morgan fingerprint density at radius 2 is 2.07 bits per heavy atom. The highest BCUT2D eigenvalue weighted by atomic mass is 35.5. The average Bonchev–Trinajstić information content (AvgIpc) is 2.20. The van der Waals surface area contributed by atoms with E-state index in [1.165, 1.54) is 5.18 Å². The van der Waals surface area contributed by atoms with E-state index in [0.29, 0.717) is 0 Å². The van der Waals surface area contributed by atoms with Crippen molar-refractivity contribution in [3.05, 3.63) is 33.4 Å². The number of aliphatic hydroxyl groups is 1. The maximum absolute atomic E-state index is 12.8. The number of halogens is 2. The number of hydrogen-bond acceptors (Lipinski definition) is 3. The summed E-state index contributed by atoms with van der Waals surface area (Å²) in [5.41, 5.74) is 4.45. The third kappa shape index (κ3) is 3.26. The van der Waals surface area contributed by atoms with Crippen LogP contribution in [0.15, 0.2) is 12.1 Å². The van der Waals surface area contributed by atoms with Gasteiger partial charge in [0.05, 0.1) is 10.6 Å². The number of nitroso groups, excluding NO2 is 1. The predicted octanol–water partition coefficient (Wildman–Crippen LogP) is -0.335. The van der Waals surface area contributed by atoms with Gasteiger partial charge in [-0.3, -0.25) is 4.79 Å². The van der Waals surface area contributed by atoms with E-state index < -0.39 is 11.7 Å². The van der Waals surface area contributed by atoms with Crippen molar-refractivity contribution in [2.75, 3.05) is 7.11 Å². The Hall–Kier alpha value is -1.53. The fraction of sp³-hybridized carbons (Fsp3) is 0.125. The van der Waals surface area contributed by atoms with Gasteiger partial charge in [-0.2, -0.15) is 4.39 Å². The van der Waals surface area contributed by atoms with E-state index in [-0.39, 0.29) is 16.3 Å². The number of carbonyl (C=O) groups is 1. The first-order chi connectivity index (χ1) is 7.06. The Morgan fingerprint density at radius 1 is 1.53 bits per heavy atom. The summed E-state index contributed by atoms with van der Waals surface area (Å²) < 4.78 is 12.8. The van der Waals surface area contributed by atoms with Crippen molar-refractivity contribution in [3.8, 4) is 0 Å². The Balaban J connectivity index is 0.000000921. The second-order valence-electron chi connectivity index (χ2n) is 2.28. The molecule has 15 heavy (non-hydrogen) atoms. The highest BCUT2D eigenvalue weighted by molar-refractivity contribution is 6.33. The number of carbonyl (C=O) groups excluding carboxylic acids is 1. The topological polar surface area (TPSA) is 94.4 Å². The molecule has 1 aromatic carbocycles. The van der Waals surface area contributed by atoms with Crippen LogP contribution in [0.4, 0.5) is 10.1 Å². The van der Waals surface area contributed by atoms with Crippen molar-refractivity contribution in [2.24, 2.45) is 5.73 Å². The van der Waals surface area contributed by atoms with Crippen molar-refractivity contribution in [3.63, 3.8) is 0 Å². The number of hydrogen-bond donors (Lipinski definition) is 3. The second kappa shape index (κ2) is 6.05. The molecule has 0 saturated heterocycles. The van der Waals surface area contributed by atoms with Crippen LogP contribution in [0.5, 0.6) is 0 Å². The molecule has 7 heteroatoms. The van der Waals surface area contributed by atoms with Crippen LogP contribution < -0.4 is 10.9 Å². The molecule has 0 aliphatic rings. The summed E-state index contributed by atoms with van der Waals surface area (Å²) in [6, 6.07) is 1.81. The number of nitrogens with two attached hydrogens (primary N) is 1. The van der Waals surface area contributed by atoms with Gasteiger partial charge in [-0.15, -0.1) is 0 Å². The minimum absolute atomic E-state index is 0.0959. The Kier molecular flexibility index (Phi) is 5.43. The molecular formula is C8H9ClFN2O3+. The van der Waals surface area contributed by atoms with Crippen molar-refractivity contribution in [1.82, 2.24) is 0 Å². The molecule has 0 spiro atoms. The van der Waals surface area contributed by atoms with E-state index in [4.69, 9.17) is 22.4 Å². The summed E-state index contributed by atoms with van der Waals surface area (Å²) in [6.45, 7) is 0. The van der Waals surface area contributed by atoms with E-state index in [9.17, 15) is 14.1 Å². The summed E-state index contributed by atoms with van der Waals surface area (Å²) in [5.74, 6) is -1.65. The Morgan fingerprint density at radius 3 is 2.47 bits per heavy atom. The molecule has 0 aromatic heterocycles. The molecule has 4 N–H and O–H groups in total. The first-order valence-corrected chi connectivity index (χ1v) is 4.05. The van der Waals surface area contributed by atoms with E-state index in [2.05, 4.69) is 0 Å². The Labute approximate surface area is 89.6 Å². The maximum Gasteiger partial charge on any atom is 0.289 e. The van der Waals surface area contributed by atoms with E-state index in [1.54, 1.807) is 0 Å². The van der Waals surface area contributed by atoms with Crippen molar-refractivity contribution < 1.29 is 19.5 Å². The zero-order valence-corrected chi connectivity index (χ0v) is 8.51. The number of primary amides is 1. The van der Waals surface area contributed by atoms with E-state index in [0.717, 1.165) is 19.2 Å². The summed E-state index contributed by atoms with van der Waals surface area (Å²) in [5, 5.41) is 8.21. The molecule has 0 bridgehead atoms. The normalized spacial score (nSPS) is 8.80. The van der Waals surface area contributed by atoms with Crippen LogP contribution >= 0.6 is 11.6 Å². The predicted molar refractivity (Wildman–Crippen MR) is 52.1 cm³/mol. The molecule has 0 aliphatic carbocycles. The monoisotopic (exact) mass is 235 g/mol. The molecule has 0 fully saturated rings. The van der Waals surface area contributed by atoms with Crippen LogP contribution in [0.25, 0.3) is 0 Å². The van der Waals surface area contributed by atoms with Crippen molar-refractivity contribution in [2.45, 2.75) is 0 Å². The van der Waals surface area contributed by atoms with Crippen LogP contribution in [0.2, 0.25) is 5.02 Å². The smallest absolute Gasteiger partial charge is 0.289 e. The summed E-state index contributed by atoms with van der Waals surface area (Å²) in [7, 11) is 1.00. The van der Waals surface area contributed by atoms with Crippen molar-refractivity contribution >= 4 is 23.2 Å². The van der Waals surface area contributed by atoms with Gasteiger partial charge in [0.25, 0.3) is 5.69 Å². The first kappa shape index (κ1) is 13.5. The molecule has 5 nitrogen and oxygen atoms in total. The maximum atomic E-state index is 12.8. The highest BCUT2D eigenvalue weighted by Gasteiger charge is 2.16. The molecule has 1 aromatic rings. The van der Waals surface area contributed by atoms with Gasteiger partial charge < -0.3 is 10.8 Å². The molecule has 1 amide bonds. The fourth-order valence-electron chi connectivity index (χ4n) is 0.816. The van der Waals surface area contributed by atoms with Crippen LogP contribution in [-0.2, 0) is 0 Å². The minimum Gasteiger partial charge on any atom is -0.400 e. The highest BCUT2D eigenvalue weighted by Crippen LogP contribution is 2.20.